The highest BCUT2D eigenvalue weighted by atomic mass is 19.1. The SMILES string of the molecule is Cc1c(F)cc([C@@H]2CC(O)ON2C)cc1C#N. The number of benzene rings is 1. The van der Waals surface area contributed by atoms with Crippen molar-refractivity contribution < 1.29 is 14.3 Å². The van der Waals surface area contributed by atoms with Crippen molar-refractivity contribution in [2.24, 2.45) is 0 Å². The molecule has 0 aromatic heterocycles. The van der Waals surface area contributed by atoms with Gasteiger partial charge in [-0.3, -0.25) is 4.84 Å². The Balaban J connectivity index is 2.40. The minimum absolute atomic E-state index is 0.229. The van der Waals surface area contributed by atoms with E-state index in [9.17, 15) is 9.50 Å². The summed E-state index contributed by atoms with van der Waals surface area (Å²) in [6, 6.07) is 4.76. The molecule has 0 radical (unpaired) electrons. The fraction of sp³-hybridized carbons (Fsp3) is 0.417. The first-order valence-electron chi connectivity index (χ1n) is 5.30. The zero-order valence-electron chi connectivity index (χ0n) is 9.64. The summed E-state index contributed by atoms with van der Waals surface area (Å²) in [6.45, 7) is 1.57. The Morgan fingerprint density at radius 1 is 1.59 bits per heavy atom. The topological polar surface area (TPSA) is 56.5 Å². The van der Waals surface area contributed by atoms with Gasteiger partial charge in [0.05, 0.1) is 17.7 Å². The van der Waals surface area contributed by atoms with Crippen molar-refractivity contribution >= 4 is 0 Å². The maximum atomic E-state index is 13.6. The van der Waals surface area contributed by atoms with Crippen LogP contribution >= 0.6 is 0 Å². The summed E-state index contributed by atoms with van der Waals surface area (Å²) in [5, 5.41) is 19.8. The van der Waals surface area contributed by atoms with Gasteiger partial charge >= 0.3 is 0 Å². The average molecular weight is 236 g/mol. The van der Waals surface area contributed by atoms with E-state index in [4.69, 9.17) is 10.1 Å². The second kappa shape index (κ2) is 4.41. The Bertz CT molecular complexity index is 484. The van der Waals surface area contributed by atoms with Crippen molar-refractivity contribution in [2.45, 2.75) is 25.7 Å². The first kappa shape index (κ1) is 12.0. The van der Waals surface area contributed by atoms with Crippen molar-refractivity contribution in [1.82, 2.24) is 5.06 Å². The molecule has 90 valence electrons. The summed E-state index contributed by atoms with van der Waals surface area (Å²) in [6.07, 6.45) is -0.510. The second-order valence-electron chi connectivity index (χ2n) is 4.14. The molecule has 0 saturated carbocycles. The van der Waals surface area contributed by atoms with Gasteiger partial charge in [-0.2, -0.15) is 10.3 Å². The Kier molecular flexibility index (Phi) is 3.11. The Morgan fingerprint density at radius 2 is 2.29 bits per heavy atom. The number of aliphatic hydroxyl groups is 1. The average Bonchev–Trinajstić information content (AvgIpc) is 2.61. The molecule has 0 spiro atoms. The lowest BCUT2D eigenvalue weighted by Gasteiger charge is -2.18. The highest BCUT2D eigenvalue weighted by molar-refractivity contribution is 5.41. The molecule has 2 rings (SSSR count). The normalized spacial score (nSPS) is 24.9. The molecule has 17 heavy (non-hydrogen) atoms. The standard InChI is InChI=1S/C12H13FN2O2/c1-7-9(6-14)3-8(4-10(7)13)11-5-12(16)17-15(11)2/h3-4,11-12,16H,5H2,1-2H3/t11-,12?/m0/s1. The zero-order chi connectivity index (χ0) is 12.6. The highest BCUT2D eigenvalue weighted by Crippen LogP contribution is 2.33. The van der Waals surface area contributed by atoms with Gasteiger partial charge in [0.2, 0.25) is 0 Å². The van der Waals surface area contributed by atoms with E-state index in [1.165, 1.54) is 11.1 Å². The molecule has 4 nitrogen and oxygen atoms in total. The van der Waals surface area contributed by atoms with Crippen LogP contribution in [0, 0.1) is 24.1 Å². The van der Waals surface area contributed by atoms with Gasteiger partial charge in [0.25, 0.3) is 0 Å². The van der Waals surface area contributed by atoms with Gasteiger partial charge in [0, 0.05) is 19.0 Å². The van der Waals surface area contributed by atoms with E-state index < -0.39 is 12.1 Å². The predicted octanol–water partition coefficient (Wildman–Crippen LogP) is 1.63. The Morgan fingerprint density at radius 3 is 2.82 bits per heavy atom. The van der Waals surface area contributed by atoms with E-state index >= 15 is 0 Å². The summed E-state index contributed by atoms with van der Waals surface area (Å²) < 4.78 is 13.6. The quantitative estimate of drug-likeness (QED) is 0.805. The third-order valence-electron chi connectivity index (χ3n) is 3.02. The summed E-state index contributed by atoms with van der Waals surface area (Å²) in [7, 11) is 1.67. The number of hydrogen-bond donors (Lipinski definition) is 1. The fourth-order valence-corrected chi connectivity index (χ4v) is 2.00. The van der Waals surface area contributed by atoms with Crippen LogP contribution in [0.1, 0.15) is 29.2 Å². The Hall–Kier alpha value is -1.48. The van der Waals surface area contributed by atoms with Crippen LogP contribution in [0.5, 0.6) is 0 Å². The van der Waals surface area contributed by atoms with Crippen molar-refractivity contribution in [1.29, 1.82) is 5.26 Å². The van der Waals surface area contributed by atoms with Crippen LogP contribution in [0.4, 0.5) is 4.39 Å². The molecule has 0 amide bonds. The van der Waals surface area contributed by atoms with Gasteiger partial charge in [0.15, 0.2) is 6.29 Å². The minimum Gasteiger partial charge on any atom is -0.366 e. The molecule has 1 N–H and O–H groups in total. The van der Waals surface area contributed by atoms with Crippen LogP contribution in [-0.4, -0.2) is 23.5 Å². The van der Waals surface area contributed by atoms with Crippen LogP contribution in [0.15, 0.2) is 12.1 Å². The maximum absolute atomic E-state index is 13.6. The molecule has 1 aromatic rings. The largest absolute Gasteiger partial charge is 0.366 e. The van der Waals surface area contributed by atoms with Crippen molar-refractivity contribution in [3.8, 4) is 6.07 Å². The van der Waals surface area contributed by atoms with E-state index in [2.05, 4.69) is 0 Å². The second-order valence-corrected chi connectivity index (χ2v) is 4.14. The summed E-state index contributed by atoms with van der Waals surface area (Å²) >= 11 is 0. The van der Waals surface area contributed by atoms with Crippen LogP contribution in [0.25, 0.3) is 0 Å². The lowest BCUT2D eigenvalue weighted by atomic mass is 9.98. The van der Waals surface area contributed by atoms with Gasteiger partial charge in [0.1, 0.15) is 5.82 Å². The number of nitrogens with zero attached hydrogens (tertiary/aromatic N) is 2. The number of nitriles is 1. The molecular formula is C12H13FN2O2. The van der Waals surface area contributed by atoms with E-state index in [1.807, 2.05) is 6.07 Å². The molecule has 2 atom stereocenters. The van der Waals surface area contributed by atoms with Crippen LogP contribution < -0.4 is 0 Å². The lowest BCUT2D eigenvalue weighted by molar-refractivity contribution is -0.208. The zero-order valence-corrected chi connectivity index (χ0v) is 9.64. The van der Waals surface area contributed by atoms with E-state index in [0.29, 0.717) is 23.1 Å². The first-order valence-corrected chi connectivity index (χ1v) is 5.30. The van der Waals surface area contributed by atoms with Crippen LogP contribution in [0.2, 0.25) is 0 Å². The van der Waals surface area contributed by atoms with E-state index in [0.717, 1.165) is 0 Å². The number of rotatable bonds is 1. The minimum atomic E-state index is -0.875. The van der Waals surface area contributed by atoms with Gasteiger partial charge in [-0.15, -0.1) is 0 Å². The third-order valence-corrected chi connectivity index (χ3v) is 3.02. The molecule has 1 aliphatic heterocycles. The monoisotopic (exact) mass is 236 g/mol. The van der Waals surface area contributed by atoms with E-state index in [1.54, 1.807) is 20.0 Å². The molecule has 1 aromatic carbocycles. The smallest absolute Gasteiger partial charge is 0.176 e. The van der Waals surface area contributed by atoms with Crippen molar-refractivity contribution in [2.75, 3.05) is 7.05 Å². The van der Waals surface area contributed by atoms with Crippen molar-refractivity contribution in [3.05, 3.63) is 34.6 Å². The summed E-state index contributed by atoms with van der Waals surface area (Å²) in [5.41, 5.74) is 1.30. The molecule has 1 saturated heterocycles. The molecule has 1 unspecified atom stereocenters. The Labute approximate surface area is 98.8 Å². The molecule has 0 bridgehead atoms. The molecule has 1 heterocycles. The lowest BCUT2D eigenvalue weighted by Crippen LogP contribution is -2.17. The number of hydroxylamine groups is 2. The maximum Gasteiger partial charge on any atom is 0.176 e. The highest BCUT2D eigenvalue weighted by Gasteiger charge is 2.31. The first-order chi connectivity index (χ1) is 8.02. The molecule has 1 aliphatic rings. The molecule has 5 heteroatoms. The van der Waals surface area contributed by atoms with Gasteiger partial charge in [-0.05, 0) is 24.6 Å². The number of aliphatic hydroxyl groups excluding tert-OH is 1. The fourth-order valence-electron chi connectivity index (χ4n) is 2.00. The predicted molar refractivity (Wildman–Crippen MR) is 58.1 cm³/mol. The third kappa shape index (κ3) is 2.15. The molecule has 0 aliphatic carbocycles. The van der Waals surface area contributed by atoms with E-state index in [-0.39, 0.29) is 6.04 Å². The van der Waals surface area contributed by atoms with Crippen molar-refractivity contribution in [3.63, 3.8) is 0 Å². The number of halogens is 1. The number of hydrogen-bond acceptors (Lipinski definition) is 4. The van der Waals surface area contributed by atoms with Crippen LogP contribution in [-0.2, 0) is 4.84 Å². The molecular weight excluding hydrogens is 223 g/mol. The summed E-state index contributed by atoms with van der Waals surface area (Å²) in [5.74, 6) is -0.408. The summed E-state index contributed by atoms with van der Waals surface area (Å²) in [4.78, 5) is 5.06. The van der Waals surface area contributed by atoms with Gasteiger partial charge in [-0.25, -0.2) is 4.39 Å². The molecule has 1 fully saturated rings. The van der Waals surface area contributed by atoms with Crippen LogP contribution in [0.3, 0.4) is 0 Å². The van der Waals surface area contributed by atoms with Gasteiger partial charge < -0.3 is 5.11 Å². The van der Waals surface area contributed by atoms with Gasteiger partial charge in [-0.1, -0.05) is 0 Å².